The van der Waals surface area contributed by atoms with E-state index in [-0.39, 0.29) is 5.91 Å². The van der Waals surface area contributed by atoms with E-state index in [1.807, 2.05) is 13.8 Å². The monoisotopic (exact) mass is 272 g/mol. The van der Waals surface area contributed by atoms with Gasteiger partial charge in [0.15, 0.2) is 5.13 Å². The number of hydrogen-bond donors (Lipinski definition) is 1. The molecule has 0 bridgehead atoms. The van der Waals surface area contributed by atoms with Crippen molar-refractivity contribution in [3.05, 3.63) is 31.9 Å². The van der Waals surface area contributed by atoms with Gasteiger partial charge in [-0.1, -0.05) is 11.6 Å². The van der Waals surface area contributed by atoms with Gasteiger partial charge in [0.25, 0.3) is 5.91 Å². The molecule has 2 rings (SSSR count). The smallest absolute Gasteiger partial charge is 0.267 e. The van der Waals surface area contributed by atoms with Gasteiger partial charge in [0.1, 0.15) is 0 Å². The van der Waals surface area contributed by atoms with Gasteiger partial charge in [-0.2, -0.15) is 0 Å². The van der Waals surface area contributed by atoms with E-state index in [9.17, 15) is 4.79 Å². The van der Waals surface area contributed by atoms with E-state index in [2.05, 4.69) is 10.3 Å². The fourth-order valence-corrected chi connectivity index (χ4v) is 2.87. The first-order valence-corrected chi connectivity index (χ1v) is 6.58. The van der Waals surface area contributed by atoms with Crippen LogP contribution in [0.15, 0.2) is 12.1 Å². The molecule has 16 heavy (non-hydrogen) atoms. The van der Waals surface area contributed by atoms with Gasteiger partial charge in [0.2, 0.25) is 0 Å². The molecular formula is C10H9ClN2OS2. The van der Waals surface area contributed by atoms with Gasteiger partial charge in [0, 0.05) is 4.88 Å². The average Bonchev–Trinajstić information content (AvgIpc) is 2.75. The lowest BCUT2D eigenvalue weighted by Gasteiger charge is -1.97. The minimum atomic E-state index is -0.161. The summed E-state index contributed by atoms with van der Waals surface area (Å²) in [5, 5.41) is 3.38. The van der Waals surface area contributed by atoms with Gasteiger partial charge < -0.3 is 0 Å². The number of rotatable bonds is 2. The van der Waals surface area contributed by atoms with Crippen LogP contribution >= 0.6 is 34.3 Å². The van der Waals surface area contributed by atoms with Crippen molar-refractivity contribution < 1.29 is 4.79 Å². The topological polar surface area (TPSA) is 42.0 Å². The number of thiophene rings is 1. The molecule has 0 spiro atoms. The quantitative estimate of drug-likeness (QED) is 0.905. The minimum Gasteiger partial charge on any atom is -0.297 e. The number of nitrogens with zero attached hydrogens (tertiary/aromatic N) is 1. The molecule has 0 saturated heterocycles. The molecule has 0 saturated carbocycles. The Morgan fingerprint density at radius 3 is 2.62 bits per heavy atom. The molecule has 0 aromatic carbocycles. The Morgan fingerprint density at radius 2 is 2.12 bits per heavy atom. The second kappa shape index (κ2) is 4.53. The normalized spacial score (nSPS) is 10.4. The predicted molar refractivity (Wildman–Crippen MR) is 68.9 cm³/mol. The third-order valence-electron chi connectivity index (χ3n) is 2.05. The maximum Gasteiger partial charge on any atom is 0.267 e. The van der Waals surface area contributed by atoms with Crippen LogP contribution < -0.4 is 5.32 Å². The third-order valence-corrected chi connectivity index (χ3v) is 4.26. The first kappa shape index (κ1) is 11.6. The van der Waals surface area contributed by atoms with Crippen LogP contribution in [0.5, 0.6) is 0 Å². The highest BCUT2D eigenvalue weighted by Gasteiger charge is 2.11. The maximum atomic E-state index is 11.8. The van der Waals surface area contributed by atoms with Gasteiger partial charge >= 0.3 is 0 Å². The SMILES string of the molecule is Cc1nc(NC(=O)c2ccc(Cl)s2)sc1C. The summed E-state index contributed by atoms with van der Waals surface area (Å²) in [6.45, 7) is 3.90. The minimum absolute atomic E-state index is 0.161. The molecule has 0 radical (unpaired) electrons. The average molecular weight is 273 g/mol. The lowest BCUT2D eigenvalue weighted by molar-refractivity contribution is 0.103. The van der Waals surface area contributed by atoms with Gasteiger partial charge in [-0.25, -0.2) is 4.98 Å². The van der Waals surface area contributed by atoms with E-state index in [1.54, 1.807) is 12.1 Å². The number of hydrogen-bond acceptors (Lipinski definition) is 4. The summed E-state index contributed by atoms with van der Waals surface area (Å²) in [5.74, 6) is -0.161. The van der Waals surface area contributed by atoms with Crippen molar-refractivity contribution in [3.63, 3.8) is 0 Å². The molecule has 2 aromatic heterocycles. The molecule has 0 fully saturated rings. The van der Waals surface area contributed by atoms with Crippen molar-refractivity contribution in [1.29, 1.82) is 0 Å². The fraction of sp³-hybridized carbons (Fsp3) is 0.200. The van der Waals surface area contributed by atoms with Gasteiger partial charge in [-0.05, 0) is 26.0 Å². The summed E-state index contributed by atoms with van der Waals surface area (Å²) in [6.07, 6.45) is 0. The Labute approximate surface area is 106 Å². The number of halogens is 1. The van der Waals surface area contributed by atoms with E-state index in [4.69, 9.17) is 11.6 Å². The van der Waals surface area contributed by atoms with Crippen molar-refractivity contribution in [2.45, 2.75) is 13.8 Å². The lowest BCUT2D eigenvalue weighted by Crippen LogP contribution is -2.09. The summed E-state index contributed by atoms with van der Waals surface area (Å²) in [5.41, 5.74) is 0.949. The summed E-state index contributed by atoms with van der Waals surface area (Å²) in [7, 11) is 0. The Bertz CT molecular complexity index is 513. The summed E-state index contributed by atoms with van der Waals surface area (Å²) < 4.78 is 0.608. The van der Waals surface area contributed by atoms with E-state index >= 15 is 0 Å². The number of anilines is 1. The molecule has 0 aliphatic carbocycles. The van der Waals surface area contributed by atoms with E-state index in [0.717, 1.165) is 10.6 Å². The third kappa shape index (κ3) is 2.42. The number of carbonyl (C=O) groups excluding carboxylic acids is 1. The first-order chi connectivity index (χ1) is 7.56. The second-order valence-electron chi connectivity index (χ2n) is 3.22. The summed E-state index contributed by atoms with van der Waals surface area (Å²) >= 11 is 8.49. The highest BCUT2D eigenvalue weighted by Crippen LogP contribution is 2.25. The molecule has 3 nitrogen and oxygen atoms in total. The zero-order valence-corrected chi connectivity index (χ0v) is 11.1. The van der Waals surface area contributed by atoms with E-state index in [0.29, 0.717) is 14.3 Å². The predicted octanol–water partition coefficient (Wildman–Crippen LogP) is 3.73. The Hall–Kier alpha value is -0.910. The van der Waals surface area contributed by atoms with Crippen molar-refractivity contribution in [2.24, 2.45) is 0 Å². The molecule has 2 aromatic rings. The molecule has 6 heteroatoms. The van der Waals surface area contributed by atoms with Crippen LogP contribution in [0.25, 0.3) is 0 Å². The van der Waals surface area contributed by atoms with Crippen LogP contribution in [-0.4, -0.2) is 10.9 Å². The zero-order valence-electron chi connectivity index (χ0n) is 8.70. The Morgan fingerprint density at radius 1 is 1.38 bits per heavy atom. The highest BCUT2D eigenvalue weighted by molar-refractivity contribution is 7.18. The number of carbonyl (C=O) groups is 1. The van der Waals surface area contributed by atoms with Crippen LogP contribution in [0.3, 0.4) is 0 Å². The standard InChI is InChI=1S/C10H9ClN2OS2/c1-5-6(2)15-10(12-5)13-9(14)7-3-4-8(11)16-7/h3-4H,1-2H3,(H,12,13,14). The van der Waals surface area contributed by atoms with Gasteiger partial charge in [-0.15, -0.1) is 22.7 Å². The second-order valence-corrected chi connectivity index (χ2v) is 6.14. The summed E-state index contributed by atoms with van der Waals surface area (Å²) in [4.78, 5) is 17.7. The number of aryl methyl sites for hydroxylation is 2. The molecule has 1 N–H and O–H groups in total. The van der Waals surface area contributed by atoms with Crippen LogP contribution in [-0.2, 0) is 0 Å². The fourth-order valence-electron chi connectivity index (χ4n) is 1.12. The Kier molecular flexibility index (Phi) is 3.28. The highest BCUT2D eigenvalue weighted by atomic mass is 35.5. The Balaban J connectivity index is 2.13. The maximum absolute atomic E-state index is 11.8. The van der Waals surface area contributed by atoms with E-state index < -0.39 is 0 Å². The largest absolute Gasteiger partial charge is 0.297 e. The van der Waals surface area contributed by atoms with Crippen LogP contribution in [0, 0.1) is 13.8 Å². The lowest BCUT2D eigenvalue weighted by atomic mass is 10.4. The number of amides is 1. The number of nitrogens with one attached hydrogen (secondary N) is 1. The van der Waals surface area contributed by atoms with Crippen molar-refractivity contribution in [2.75, 3.05) is 5.32 Å². The van der Waals surface area contributed by atoms with Crippen molar-refractivity contribution in [3.8, 4) is 0 Å². The number of aromatic nitrogens is 1. The first-order valence-electron chi connectivity index (χ1n) is 4.57. The molecule has 2 heterocycles. The zero-order chi connectivity index (χ0) is 11.7. The molecular weight excluding hydrogens is 264 g/mol. The van der Waals surface area contributed by atoms with Crippen LogP contribution in [0.4, 0.5) is 5.13 Å². The molecule has 0 unspecified atom stereocenters. The van der Waals surface area contributed by atoms with E-state index in [1.165, 1.54) is 22.7 Å². The molecule has 0 atom stereocenters. The summed E-state index contributed by atoms with van der Waals surface area (Å²) in [6, 6.07) is 3.41. The molecule has 0 aliphatic rings. The van der Waals surface area contributed by atoms with Crippen LogP contribution in [0.1, 0.15) is 20.2 Å². The van der Waals surface area contributed by atoms with Gasteiger partial charge in [-0.3, -0.25) is 10.1 Å². The van der Waals surface area contributed by atoms with Gasteiger partial charge in [0.05, 0.1) is 14.9 Å². The number of thiazole rings is 1. The van der Waals surface area contributed by atoms with Crippen molar-refractivity contribution in [1.82, 2.24) is 4.98 Å². The molecule has 1 amide bonds. The van der Waals surface area contributed by atoms with Crippen molar-refractivity contribution >= 4 is 45.3 Å². The molecule has 84 valence electrons. The molecule has 0 aliphatic heterocycles. The van der Waals surface area contributed by atoms with Crippen LogP contribution in [0.2, 0.25) is 4.34 Å².